The van der Waals surface area contributed by atoms with Crippen LogP contribution in [0.3, 0.4) is 0 Å². The van der Waals surface area contributed by atoms with Crippen LogP contribution in [0.15, 0.2) is 34.0 Å². The lowest BCUT2D eigenvalue weighted by molar-refractivity contribution is 0.409. The summed E-state index contributed by atoms with van der Waals surface area (Å²) in [6.07, 6.45) is 1.10. The van der Waals surface area contributed by atoms with Crippen LogP contribution in [0, 0.1) is 0 Å². The van der Waals surface area contributed by atoms with Gasteiger partial charge in [0.05, 0.1) is 11.6 Å². The Morgan fingerprint density at radius 1 is 1.50 bits per heavy atom. The highest BCUT2D eigenvalue weighted by molar-refractivity contribution is 7.89. The molecule has 0 radical (unpaired) electrons. The Balaban J connectivity index is 2.28. The molecule has 1 aromatic carbocycles. The second-order valence-corrected chi connectivity index (χ2v) is 6.26. The minimum absolute atomic E-state index is 0.0608. The Morgan fingerprint density at radius 3 is 2.85 bits per heavy atom. The highest BCUT2D eigenvalue weighted by Crippen LogP contribution is 2.22. The molecular formula is C10H9ClN4O3S2. The first-order chi connectivity index (χ1) is 9.40. The van der Waals surface area contributed by atoms with E-state index in [2.05, 4.69) is 19.4 Å². The lowest BCUT2D eigenvalue weighted by Crippen LogP contribution is -2.24. The van der Waals surface area contributed by atoms with Gasteiger partial charge in [-0.3, -0.25) is 0 Å². The molecule has 0 amide bonds. The van der Waals surface area contributed by atoms with Gasteiger partial charge >= 0.3 is 0 Å². The lowest BCUT2D eigenvalue weighted by Gasteiger charge is -2.08. The molecule has 0 saturated heterocycles. The molecule has 0 spiro atoms. The number of aromatic nitrogens is 2. The van der Waals surface area contributed by atoms with Gasteiger partial charge in [0, 0.05) is 5.56 Å². The Kier molecular flexibility index (Phi) is 4.33. The molecule has 7 nitrogen and oxygen atoms in total. The summed E-state index contributed by atoms with van der Waals surface area (Å²) >= 11 is 10.7. The highest BCUT2D eigenvalue weighted by Gasteiger charge is 2.19. The van der Waals surface area contributed by atoms with Crippen molar-refractivity contribution in [1.82, 2.24) is 14.9 Å². The summed E-state index contributed by atoms with van der Waals surface area (Å²) in [5.74, 6) is 0.204. The molecule has 2 rings (SSSR count). The molecule has 0 aliphatic carbocycles. The smallest absolute Gasteiger partial charge is 0.242 e. The maximum atomic E-state index is 12.2. The van der Waals surface area contributed by atoms with E-state index in [1.165, 1.54) is 12.1 Å². The molecule has 3 N–H and O–H groups in total. The zero-order chi connectivity index (χ0) is 14.8. The van der Waals surface area contributed by atoms with Crippen molar-refractivity contribution >= 4 is 38.8 Å². The first kappa shape index (κ1) is 14.9. The number of nitrogens with two attached hydrogens (primary N) is 1. The van der Waals surface area contributed by atoms with Crippen molar-refractivity contribution in [2.45, 2.75) is 11.4 Å². The van der Waals surface area contributed by atoms with Gasteiger partial charge in [0.25, 0.3) is 0 Å². The number of hydrogen-bond donors (Lipinski definition) is 2. The fourth-order valence-electron chi connectivity index (χ4n) is 1.37. The molecule has 10 heteroatoms. The van der Waals surface area contributed by atoms with E-state index < -0.39 is 10.0 Å². The quantitative estimate of drug-likeness (QED) is 0.780. The summed E-state index contributed by atoms with van der Waals surface area (Å²) in [5.41, 5.74) is 5.87. The van der Waals surface area contributed by atoms with Crippen LogP contribution in [0.1, 0.15) is 11.4 Å². The predicted molar refractivity (Wildman–Crippen MR) is 75.7 cm³/mol. The first-order valence-corrected chi connectivity index (χ1v) is 7.51. The number of nitrogens with zero attached hydrogens (tertiary/aromatic N) is 2. The van der Waals surface area contributed by atoms with Gasteiger partial charge < -0.3 is 10.3 Å². The van der Waals surface area contributed by atoms with Crippen LogP contribution in [0.4, 0.5) is 0 Å². The third-order valence-electron chi connectivity index (χ3n) is 2.33. The first-order valence-electron chi connectivity index (χ1n) is 5.24. The minimum atomic E-state index is -3.84. The van der Waals surface area contributed by atoms with Crippen LogP contribution in [-0.2, 0) is 16.6 Å². The molecule has 1 aromatic heterocycles. The number of thiocarbonyl (C=S) groups is 1. The van der Waals surface area contributed by atoms with Crippen LogP contribution in [0.25, 0.3) is 0 Å². The number of halogens is 1. The molecule has 0 unspecified atom stereocenters. The molecule has 0 fully saturated rings. The normalized spacial score (nSPS) is 11.4. The fourth-order valence-corrected chi connectivity index (χ4v) is 3.00. The van der Waals surface area contributed by atoms with Crippen molar-refractivity contribution in [3.05, 3.63) is 41.0 Å². The van der Waals surface area contributed by atoms with E-state index >= 15 is 0 Å². The number of rotatable bonds is 5. The van der Waals surface area contributed by atoms with Crippen molar-refractivity contribution in [2.75, 3.05) is 0 Å². The Hall–Kier alpha value is -1.55. The topological polar surface area (TPSA) is 111 Å². The van der Waals surface area contributed by atoms with Crippen LogP contribution < -0.4 is 10.5 Å². The molecule has 0 saturated carbocycles. The van der Waals surface area contributed by atoms with Gasteiger partial charge in [0.2, 0.25) is 16.4 Å². The summed E-state index contributed by atoms with van der Waals surface area (Å²) in [4.78, 5) is 3.66. The molecule has 0 atom stereocenters. The number of benzene rings is 1. The zero-order valence-corrected chi connectivity index (χ0v) is 12.3. The van der Waals surface area contributed by atoms with E-state index in [0.717, 1.165) is 6.39 Å². The van der Waals surface area contributed by atoms with Gasteiger partial charge in [-0.15, -0.1) is 0 Å². The van der Waals surface area contributed by atoms with Gasteiger partial charge in [-0.1, -0.05) is 35.0 Å². The monoisotopic (exact) mass is 332 g/mol. The van der Waals surface area contributed by atoms with Crippen molar-refractivity contribution < 1.29 is 12.9 Å². The molecule has 106 valence electrons. The Bertz CT molecular complexity index is 731. The standard InChI is InChI=1S/C10H9ClN4O3S2/c11-7-2-1-6(10(12)19)3-8(7)20(16,17)14-4-9-13-5-18-15-9/h1-3,5,14H,4H2,(H2,12,19). The van der Waals surface area contributed by atoms with E-state index in [0.29, 0.717) is 5.56 Å². The van der Waals surface area contributed by atoms with E-state index in [9.17, 15) is 8.42 Å². The summed E-state index contributed by atoms with van der Waals surface area (Å²) in [5, 5.41) is 3.56. The molecule has 0 aliphatic rings. The average molecular weight is 333 g/mol. The van der Waals surface area contributed by atoms with Crippen LogP contribution in [0.5, 0.6) is 0 Å². The summed E-state index contributed by atoms with van der Waals surface area (Å²) in [6.45, 7) is -0.119. The highest BCUT2D eigenvalue weighted by atomic mass is 35.5. The third kappa shape index (κ3) is 3.31. The summed E-state index contributed by atoms with van der Waals surface area (Å²) in [6, 6.07) is 4.27. The predicted octanol–water partition coefficient (Wildman–Crippen LogP) is 0.836. The van der Waals surface area contributed by atoms with Gasteiger partial charge in [0.1, 0.15) is 9.88 Å². The second kappa shape index (κ2) is 5.83. The molecule has 0 aliphatic heterocycles. The van der Waals surface area contributed by atoms with Crippen LogP contribution >= 0.6 is 23.8 Å². The zero-order valence-electron chi connectivity index (χ0n) is 9.91. The molecule has 2 aromatic rings. The van der Waals surface area contributed by atoms with Crippen molar-refractivity contribution in [2.24, 2.45) is 5.73 Å². The molecular weight excluding hydrogens is 324 g/mol. The second-order valence-electron chi connectivity index (χ2n) is 3.68. The maximum absolute atomic E-state index is 12.2. The molecule has 0 bridgehead atoms. The van der Waals surface area contributed by atoms with Gasteiger partial charge in [-0.2, -0.15) is 4.98 Å². The van der Waals surface area contributed by atoms with E-state index in [1.807, 2.05) is 0 Å². The third-order valence-corrected chi connectivity index (χ3v) is 4.45. The maximum Gasteiger partial charge on any atom is 0.242 e. The number of hydrogen-bond acceptors (Lipinski definition) is 6. The van der Waals surface area contributed by atoms with Crippen LogP contribution in [0.2, 0.25) is 5.02 Å². The Labute approximate surface area is 125 Å². The number of nitrogens with one attached hydrogen (secondary N) is 1. The lowest BCUT2D eigenvalue weighted by atomic mass is 10.2. The number of sulfonamides is 1. The average Bonchev–Trinajstić information content (AvgIpc) is 2.89. The Morgan fingerprint density at radius 2 is 2.25 bits per heavy atom. The summed E-state index contributed by atoms with van der Waals surface area (Å²) in [7, 11) is -3.84. The fraction of sp³-hybridized carbons (Fsp3) is 0.100. The van der Waals surface area contributed by atoms with Gasteiger partial charge in [-0.05, 0) is 12.1 Å². The largest absolute Gasteiger partial charge is 0.389 e. The van der Waals surface area contributed by atoms with Gasteiger partial charge in [-0.25, -0.2) is 13.1 Å². The van der Waals surface area contributed by atoms with Crippen molar-refractivity contribution in [1.29, 1.82) is 0 Å². The van der Waals surface area contributed by atoms with E-state index in [-0.39, 0.29) is 27.3 Å². The SMILES string of the molecule is NC(=S)c1ccc(Cl)c(S(=O)(=O)NCc2ncon2)c1. The van der Waals surface area contributed by atoms with Crippen molar-refractivity contribution in [3.8, 4) is 0 Å². The minimum Gasteiger partial charge on any atom is -0.389 e. The van der Waals surface area contributed by atoms with E-state index in [1.54, 1.807) is 6.07 Å². The molecule has 1 heterocycles. The molecule has 20 heavy (non-hydrogen) atoms. The van der Waals surface area contributed by atoms with E-state index in [4.69, 9.17) is 29.6 Å². The van der Waals surface area contributed by atoms with Crippen molar-refractivity contribution in [3.63, 3.8) is 0 Å². The summed E-state index contributed by atoms with van der Waals surface area (Å²) < 4.78 is 31.1. The van der Waals surface area contributed by atoms with Gasteiger partial charge in [0.15, 0.2) is 5.82 Å². The van der Waals surface area contributed by atoms with Crippen LogP contribution in [-0.4, -0.2) is 23.5 Å².